The van der Waals surface area contributed by atoms with E-state index in [4.69, 9.17) is 10.8 Å². The minimum absolute atomic E-state index is 0.0879. The van der Waals surface area contributed by atoms with Crippen molar-refractivity contribution in [2.75, 3.05) is 11.1 Å². The molecule has 0 aliphatic rings. The van der Waals surface area contributed by atoms with Crippen LogP contribution < -0.4 is 11.1 Å². The largest absolute Gasteiger partial charge is 0.478 e. The predicted molar refractivity (Wildman–Crippen MR) is 79.6 cm³/mol. The van der Waals surface area contributed by atoms with Gasteiger partial charge in [0.1, 0.15) is 0 Å². The maximum Gasteiger partial charge on any atom is 0.337 e. The number of benzene rings is 1. The molecule has 0 heterocycles. The van der Waals surface area contributed by atoms with Crippen LogP contribution in [0.2, 0.25) is 0 Å². The van der Waals surface area contributed by atoms with Crippen LogP contribution in [0.4, 0.5) is 11.4 Å². The van der Waals surface area contributed by atoms with E-state index in [9.17, 15) is 4.79 Å². The molecule has 0 atom stereocenters. The number of nitrogens with one attached hydrogen (secondary N) is 1. The average molecular weight is 264 g/mol. The SMILES string of the molecule is CC(C)(C)CC(C)(C)Nc1ccc(C(=O)O)c(N)c1. The molecule has 0 unspecified atom stereocenters. The maximum absolute atomic E-state index is 10.9. The van der Waals surface area contributed by atoms with Gasteiger partial charge in [-0.1, -0.05) is 20.8 Å². The highest BCUT2D eigenvalue weighted by Crippen LogP contribution is 2.30. The van der Waals surface area contributed by atoms with Crippen molar-refractivity contribution < 1.29 is 9.90 Å². The molecule has 1 rings (SSSR count). The van der Waals surface area contributed by atoms with Crippen LogP contribution in [0.25, 0.3) is 0 Å². The second kappa shape index (κ2) is 5.11. The van der Waals surface area contributed by atoms with Gasteiger partial charge in [0.15, 0.2) is 0 Å². The molecule has 4 N–H and O–H groups in total. The second-order valence-corrected chi connectivity index (χ2v) is 6.85. The lowest BCUT2D eigenvalue weighted by Crippen LogP contribution is -2.35. The fraction of sp³-hybridized carbons (Fsp3) is 0.533. The first-order chi connectivity index (χ1) is 8.50. The minimum Gasteiger partial charge on any atom is -0.478 e. The lowest BCUT2D eigenvalue weighted by molar-refractivity contribution is 0.0698. The lowest BCUT2D eigenvalue weighted by atomic mass is 9.81. The number of carboxylic acids is 1. The predicted octanol–water partition coefficient (Wildman–Crippen LogP) is 3.59. The molecule has 0 amide bonds. The van der Waals surface area contributed by atoms with Crippen molar-refractivity contribution in [3.63, 3.8) is 0 Å². The number of nitrogen functional groups attached to an aromatic ring is 1. The first-order valence-electron chi connectivity index (χ1n) is 6.41. The smallest absolute Gasteiger partial charge is 0.337 e. The highest BCUT2D eigenvalue weighted by atomic mass is 16.4. The van der Waals surface area contributed by atoms with Crippen LogP contribution >= 0.6 is 0 Å². The van der Waals surface area contributed by atoms with Gasteiger partial charge < -0.3 is 16.2 Å². The molecule has 0 spiro atoms. The van der Waals surface area contributed by atoms with E-state index in [1.165, 1.54) is 6.07 Å². The molecule has 106 valence electrons. The van der Waals surface area contributed by atoms with Gasteiger partial charge in [0.05, 0.1) is 5.56 Å². The summed E-state index contributed by atoms with van der Waals surface area (Å²) in [5.74, 6) is -1.00. The fourth-order valence-corrected chi connectivity index (χ4v) is 2.60. The number of rotatable bonds is 4. The summed E-state index contributed by atoms with van der Waals surface area (Å²) in [6.07, 6.45) is 0.987. The van der Waals surface area contributed by atoms with E-state index in [1.54, 1.807) is 12.1 Å². The minimum atomic E-state index is -1.00. The summed E-state index contributed by atoms with van der Waals surface area (Å²) < 4.78 is 0. The molecule has 1 aromatic rings. The molecule has 0 saturated carbocycles. The molecular weight excluding hydrogens is 240 g/mol. The normalized spacial score (nSPS) is 12.3. The van der Waals surface area contributed by atoms with Crippen molar-refractivity contribution in [2.45, 2.75) is 46.6 Å². The summed E-state index contributed by atoms with van der Waals surface area (Å²) in [7, 11) is 0. The Morgan fingerprint density at radius 3 is 2.26 bits per heavy atom. The zero-order valence-corrected chi connectivity index (χ0v) is 12.4. The molecule has 1 aromatic carbocycles. The van der Waals surface area contributed by atoms with E-state index >= 15 is 0 Å². The van der Waals surface area contributed by atoms with E-state index in [0.717, 1.165) is 12.1 Å². The number of anilines is 2. The molecule has 0 radical (unpaired) electrons. The molecule has 0 fully saturated rings. The molecular formula is C15H24N2O2. The summed E-state index contributed by atoms with van der Waals surface area (Å²) >= 11 is 0. The van der Waals surface area contributed by atoms with Crippen molar-refractivity contribution >= 4 is 17.3 Å². The molecule has 4 nitrogen and oxygen atoms in total. The van der Waals surface area contributed by atoms with Gasteiger partial charge in [-0.25, -0.2) is 4.79 Å². The Morgan fingerprint density at radius 1 is 1.26 bits per heavy atom. The Bertz CT molecular complexity index is 474. The number of carbonyl (C=O) groups is 1. The van der Waals surface area contributed by atoms with Crippen LogP contribution in [-0.4, -0.2) is 16.6 Å². The molecule has 19 heavy (non-hydrogen) atoms. The highest BCUT2D eigenvalue weighted by molar-refractivity contribution is 5.94. The van der Waals surface area contributed by atoms with Gasteiger partial charge in [0.25, 0.3) is 0 Å². The average Bonchev–Trinajstić information content (AvgIpc) is 2.11. The maximum atomic E-state index is 10.9. The summed E-state index contributed by atoms with van der Waals surface area (Å²) in [4.78, 5) is 10.9. The number of hydrogen-bond donors (Lipinski definition) is 3. The van der Waals surface area contributed by atoms with Crippen molar-refractivity contribution in [1.29, 1.82) is 0 Å². The highest BCUT2D eigenvalue weighted by Gasteiger charge is 2.25. The van der Waals surface area contributed by atoms with E-state index < -0.39 is 5.97 Å². The quantitative estimate of drug-likeness (QED) is 0.726. The Morgan fingerprint density at radius 2 is 1.84 bits per heavy atom. The van der Waals surface area contributed by atoms with Crippen LogP contribution in [0.15, 0.2) is 18.2 Å². The third kappa shape index (κ3) is 4.81. The van der Waals surface area contributed by atoms with Gasteiger partial charge in [-0.15, -0.1) is 0 Å². The molecule has 4 heteroatoms. The lowest BCUT2D eigenvalue weighted by Gasteiger charge is -2.34. The molecule has 0 aliphatic carbocycles. The van der Waals surface area contributed by atoms with Crippen molar-refractivity contribution in [3.05, 3.63) is 23.8 Å². The van der Waals surface area contributed by atoms with E-state index in [2.05, 4.69) is 39.9 Å². The number of hydrogen-bond acceptors (Lipinski definition) is 3. The van der Waals surface area contributed by atoms with Gasteiger partial charge >= 0.3 is 5.97 Å². The Labute approximate surface area is 115 Å². The van der Waals surface area contributed by atoms with Gasteiger partial charge in [-0.2, -0.15) is 0 Å². The van der Waals surface area contributed by atoms with Gasteiger partial charge in [-0.3, -0.25) is 0 Å². The molecule has 0 bridgehead atoms. The standard InChI is InChI=1S/C15H24N2O2/c1-14(2,3)9-15(4,5)17-10-6-7-11(13(18)19)12(16)8-10/h6-8,17H,9,16H2,1-5H3,(H,18,19). The van der Waals surface area contributed by atoms with Crippen LogP contribution in [0.3, 0.4) is 0 Å². The van der Waals surface area contributed by atoms with Gasteiger partial charge in [-0.05, 0) is 43.9 Å². The number of carboxylic acid groups (broad SMARTS) is 1. The third-order valence-electron chi connectivity index (χ3n) is 2.74. The van der Waals surface area contributed by atoms with E-state index in [0.29, 0.717) is 0 Å². The monoisotopic (exact) mass is 264 g/mol. The van der Waals surface area contributed by atoms with Crippen LogP contribution in [-0.2, 0) is 0 Å². The van der Waals surface area contributed by atoms with Crippen LogP contribution in [0.5, 0.6) is 0 Å². The Balaban J connectivity index is 2.88. The molecule has 0 aromatic heterocycles. The fourth-order valence-electron chi connectivity index (χ4n) is 2.60. The van der Waals surface area contributed by atoms with Crippen molar-refractivity contribution in [2.24, 2.45) is 5.41 Å². The summed E-state index contributed by atoms with van der Waals surface area (Å²) in [6, 6.07) is 4.96. The van der Waals surface area contributed by atoms with Crippen LogP contribution in [0.1, 0.15) is 51.4 Å². The Kier molecular flexibility index (Phi) is 4.13. The van der Waals surface area contributed by atoms with Crippen LogP contribution in [0, 0.1) is 5.41 Å². The topological polar surface area (TPSA) is 75.3 Å². The zero-order valence-electron chi connectivity index (χ0n) is 12.4. The van der Waals surface area contributed by atoms with Crippen molar-refractivity contribution in [3.8, 4) is 0 Å². The van der Waals surface area contributed by atoms with Gasteiger partial charge in [0, 0.05) is 16.9 Å². The third-order valence-corrected chi connectivity index (χ3v) is 2.74. The summed E-state index contributed by atoms with van der Waals surface area (Å²) in [6.45, 7) is 10.8. The Hall–Kier alpha value is -1.71. The first kappa shape index (κ1) is 15.3. The van der Waals surface area contributed by atoms with Crippen molar-refractivity contribution in [1.82, 2.24) is 0 Å². The second-order valence-electron chi connectivity index (χ2n) is 6.85. The van der Waals surface area contributed by atoms with Gasteiger partial charge in [0.2, 0.25) is 0 Å². The summed E-state index contributed by atoms with van der Waals surface area (Å²) in [5.41, 5.74) is 7.13. The van der Waals surface area contributed by atoms with E-state index in [-0.39, 0.29) is 22.2 Å². The van der Waals surface area contributed by atoms with E-state index in [1.807, 2.05) is 0 Å². The number of nitrogens with two attached hydrogens (primary N) is 1. The zero-order chi connectivity index (χ0) is 14.8. The molecule has 0 saturated heterocycles. The number of aromatic carboxylic acids is 1. The first-order valence-corrected chi connectivity index (χ1v) is 6.41. The summed E-state index contributed by atoms with van der Waals surface area (Å²) in [5, 5.41) is 12.4. The molecule has 0 aliphatic heterocycles.